The van der Waals surface area contributed by atoms with Crippen molar-refractivity contribution in [3.8, 4) is 0 Å². The maximum atomic E-state index is 12.1. The molecule has 208 valence electrons. The SMILES string of the molecule is ClCc1cc(Cl)ccc1Cl.O=C(NCCC1CC1)c1ccc(N2CCN(Cc3cc(Cl)ccc3Cl)CC2)nn1. The highest BCUT2D eigenvalue weighted by Crippen LogP contribution is 2.31. The number of nitrogens with one attached hydrogen (secondary N) is 1. The minimum atomic E-state index is -0.145. The summed E-state index contributed by atoms with van der Waals surface area (Å²) in [6.45, 7) is 4.98. The Labute approximate surface area is 254 Å². The summed E-state index contributed by atoms with van der Waals surface area (Å²) in [4.78, 5) is 16.7. The quantitative estimate of drug-likeness (QED) is 0.264. The number of amides is 1. The fourth-order valence-corrected chi connectivity index (χ4v) is 5.23. The van der Waals surface area contributed by atoms with Crippen molar-refractivity contribution in [3.05, 3.63) is 85.4 Å². The van der Waals surface area contributed by atoms with Gasteiger partial charge in [-0.25, -0.2) is 0 Å². The number of aromatic nitrogens is 2. The Balaban J connectivity index is 0.000000298. The number of anilines is 1. The number of alkyl halides is 1. The number of nitrogens with zero attached hydrogens (tertiary/aromatic N) is 4. The van der Waals surface area contributed by atoms with E-state index in [2.05, 4.69) is 25.3 Å². The summed E-state index contributed by atoms with van der Waals surface area (Å²) in [5, 5.41) is 14.1. The number of hydrogen-bond acceptors (Lipinski definition) is 5. The lowest BCUT2D eigenvalue weighted by atomic mass is 10.2. The lowest BCUT2D eigenvalue weighted by Crippen LogP contribution is -2.46. The third-order valence-corrected chi connectivity index (χ3v) is 8.16. The van der Waals surface area contributed by atoms with Gasteiger partial charge >= 0.3 is 0 Å². The molecule has 2 heterocycles. The van der Waals surface area contributed by atoms with Crippen molar-refractivity contribution in [1.29, 1.82) is 0 Å². The lowest BCUT2D eigenvalue weighted by molar-refractivity contribution is 0.0946. The van der Waals surface area contributed by atoms with Gasteiger partial charge in [-0.3, -0.25) is 9.69 Å². The summed E-state index contributed by atoms with van der Waals surface area (Å²) in [6, 6.07) is 14.4. The van der Waals surface area contributed by atoms with Crippen LogP contribution in [0.5, 0.6) is 0 Å². The molecule has 39 heavy (non-hydrogen) atoms. The number of hydrogen-bond donors (Lipinski definition) is 1. The van der Waals surface area contributed by atoms with Gasteiger partial charge in [-0.1, -0.05) is 59.2 Å². The van der Waals surface area contributed by atoms with Crippen molar-refractivity contribution in [3.63, 3.8) is 0 Å². The molecule has 1 saturated heterocycles. The van der Waals surface area contributed by atoms with Gasteiger partial charge in [0.25, 0.3) is 5.91 Å². The monoisotopic (exact) mass is 627 g/mol. The van der Waals surface area contributed by atoms with E-state index in [0.29, 0.717) is 33.2 Å². The molecule has 1 amide bonds. The van der Waals surface area contributed by atoms with Crippen molar-refractivity contribution >= 4 is 69.7 Å². The van der Waals surface area contributed by atoms with E-state index in [1.54, 1.807) is 30.3 Å². The predicted octanol–water partition coefficient (Wildman–Crippen LogP) is 7.37. The van der Waals surface area contributed by atoms with Gasteiger partial charge in [0.1, 0.15) is 0 Å². The van der Waals surface area contributed by atoms with Crippen LogP contribution in [0.3, 0.4) is 0 Å². The Morgan fingerprint density at radius 1 is 0.846 bits per heavy atom. The Hall–Kier alpha value is -1.80. The first kappa shape index (κ1) is 30.2. The molecule has 5 rings (SSSR count). The molecular formula is C28H30Cl5N5O. The summed E-state index contributed by atoms with van der Waals surface area (Å²) in [7, 11) is 0. The van der Waals surface area contributed by atoms with Crippen LogP contribution in [0, 0.1) is 5.92 Å². The van der Waals surface area contributed by atoms with Crippen molar-refractivity contribution in [1.82, 2.24) is 20.4 Å². The molecule has 2 fully saturated rings. The molecule has 1 aromatic heterocycles. The molecule has 1 saturated carbocycles. The van der Waals surface area contributed by atoms with E-state index in [0.717, 1.165) is 67.0 Å². The maximum Gasteiger partial charge on any atom is 0.271 e. The second-order valence-electron chi connectivity index (χ2n) is 9.63. The molecule has 1 aliphatic carbocycles. The molecule has 2 aliphatic rings. The normalized spacial score (nSPS) is 15.5. The van der Waals surface area contributed by atoms with Crippen LogP contribution in [0.4, 0.5) is 5.82 Å². The van der Waals surface area contributed by atoms with Crippen LogP contribution < -0.4 is 10.2 Å². The van der Waals surface area contributed by atoms with E-state index in [-0.39, 0.29) is 5.91 Å². The topological polar surface area (TPSA) is 61.4 Å². The van der Waals surface area contributed by atoms with Crippen LogP contribution in [0.1, 0.15) is 40.9 Å². The highest BCUT2D eigenvalue weighted by molar-refractivity contribution is 6.34. The van der Waals surface area contributed by atoms with Crippen LogP contribution in [0.2, 0.25) is 20.1 Å². The molecule has 0 radical (unpaired) electrons. The van der Waals surface area contributed by atoms with Crippen molar-refractivity contribution in [2.45, 2.75) is 31.7 Å². The molecule has 1 aliphatic heterocycles. The number of benzene rings is 2. The van der Waals surface area contributed by atoms with Crippen LogP contribution in [-0.4, -0.2) is 53.7 Å². The Kier molecular flexibility index (Phi) is 11.4. The molecule has 0 atom stereocenters. The first-order valence-corrected chi connectivity index (χ1v) is 14.9. The van der Waals surface area contributed by atoms with E-state index in [9.17, 15) is 4.79 Å². The largest absolute Gasteiger partial charge is 0.353 e. The van der Waals surface area contributed by atoms with E-state index in [1.165, 1.54) is 12.8 Å². The van der Waals surface area contributed by atoms with Gasteiger partial charge in [-0.15, -0.1) is 21.8 Å². The summed E-state index contributed by atoms with van der Waals surface area (Å²) in [5.41, 5.74) is 2.29. The molecule has 11 heteroatoms. The molecule has 0 bridgehead atoms. The number of carbonyl (C=O) groups is 1. The average molecular weight is 630 g/mol. The summed E-state index contributed by atoms with van der Waals surface area (Å²) in [5.74, 6) is 1.87. The third kappa shape index (κ3) is 9.38. The predicted molar refractivity (Wildman–Crippen MR) is 162 cm³/mol. The molecule has 3 aromatic rings. The van der Waals surface area contributed by atoms with Gasteiger partial charge in [-0.05, 0) is 72.0 Å². The van der Waals surface area contributed by atoms with E-state index in [4.69, 9.17) is 58.0 Å². The molecule has 0 unspecified atom stereocenters. The maximum absolute atomic E-state index is 12.1. The van der Waals surface area contributed by atoms with Crippen LogP contribution in [0.25, 0.3) is 0 Å². The van der Waals surface area contributed by atoms with Crippen LogP contribution in [0.15, 0.2) is 48.5 Å². The fourth-order valence-electron chi connectivity index (χ4n) is 4.19. The molecule has 1 N–H and O–H groups in total. The minimum absolute atomic E-state index is 0.145. The van der Waals surface area contributed by atoms with Crippen molar-refractivity contribution in [2.24, 2.45) is 5.92 Å². The van der Waals surface area contributed by atoms with Crippen LogP contribution in [-0.2, 0) is 12.4 Å². The van der Waals surface area contributed by atoms with Gasteiger partial charge in [-0.2, -0.15) is 0 Å². The molecule has 2 aromatic carbocycles. The fraction of sp³-hybridized carbons (Fsp3) is 0.393. The van der Waals surface area contributed by atoms with Gasteiger partial charge in [0.05, 0.1) is 0 Å². The molecular weight excluding hydrogens is 600 g/mol. The van der Waals surface area contributed by atoms with Gasteiger partial charge < -0.3 is 10.2 Å². The molecule has 6 nitrogen and oxygen atoms in total. The Bertz CT molecular complexity index is 1250. The zero-order valence-corrected chi connectivity index (χ0v) is 25.1. The molecule has 0 spiro atoms. The Morgan fingerprint density at radius 2 is 1.49 bits per heavy atom. The Morgan fingerprint density at radius 3 is 2.05 bits per heavy atom. The lowest BCUT2D eigenvalue weighted by Gasteiger charge is -2.35. The van der Waals surface area contributed by atoms with E-state index >= 15 is 0 Å². The first-order chi connectivity index (χ1) is 18.8. The van der Waals surface area contributed by atoms with E-state index < -0.39 is 0 Å². The zero-order valence-electron chi connectivity index (χ0n) is 21.4. The number of rotatable bonds is 8. The third-order valence-electron chi connectivity index (χ3n) is 6.67. The zero-order chi connectivity index (χ0) is 27.8. The minimum Gasteiger partial charge on any atom is -0.353 e. The van der Waals surface area contributed by atoms with Crippen LogP contribution >= 0.6 is 58.0 Å². The first-order valence-electron chi connectivity index (χ1n) is 12.9. The number of piperazine rings is 1. The second kappa shape index (κ2) is 14.7. The summed E-state index contributed by atoms with van der Waals surface area (Å²) < 4.78 is 0. The average Bonchev–Trinajstić information content (AvgIpc) is 3.77. The second-order valence-corrected chi connectivity index (χ2v) is 11.6. The highest BCUT2D eigenvalue weighted by Gasteiger charge is 2.22. The summed E-state index contributed by atoms with van der Waals surface area (Å²) >= 11 is 29.4. The van der Waals surface area contributed by atoms with Crippen molar-refractivity contribution < 1.29 is 4.79 Å². The van der Waals surface area contributed by atoms with Gasteiger partial charge in [0.15, 0.2) is 11.5 Å². The standard InChI is InChI=1S/C21H25Cl2N5O.C7H5Cl3/c22-17-3-4-18(23)16(13-17)14-27-9-11-28(12-10-27)20-6-5-19(25-26-20)21(29)24-8-7-15-1-2-15;8-4-5-3-6(9)1-2-7(5)10/h3-6,13,15H,1-2,7-12,14H2,(H,24,29);1-3H,4H2. The van der Waals surface area contributed by atoms with Gasteiger partial charge in [0.2, 0.25) is 0 Å². The summed E-state index contributed by atoms with van der Waals surface area (Å²) in [6.07, 6.45) is 3.65. The number of halogens is 5. The van der Waals surface area contributed by atoms with E-state index in [1.807, 2.05) is 18.2 Å². The number of carbonyl (C=O) groups excluding carboxylic acids is 1. The van der Waals surface area contributed by atoms with Crippen molar-refractivity contribution in [2.75, 3.05) is 37.6 Å². The van der Waals surface area contributed by atoms with Gasteiger partial charge in [0, 0.05) is 65.2 Å². The smallest absolute Gasteiger partial charge is 0.271 e. The highest BCUT2D eigenvalue weighted by atomic mass is 35.5.